The zero-order chi connectivity index (χ0) is 30.0. The molecule has 1 unspecified atom stereocenters. The molecule has 0 aromatic carbocycles. The lowest BCUT2D eigenvalue weighted by molar-refractivity contribution is 0.0635. The Morgan fingerprint density at radius 3 is 2.39 bits per heavy atom. The molecule has 3 rings (SSSR count). The summed E-state index contributed by atoms with van der Waals surface area (Å²) in [5.41, 5.74) is 1.35. The van der Waals surface area contributed by atoms with E-state index in [-0.39, 0.29) is 17.8 Å². The number of ether oxygens (including phenoxy) is 1. The van der Waals surface area contributed by atoms with Gasteiger partial charge < -0.3 is 30.1 Å². The number of aromatic nitrogens is 1. The number of carbonyl (C=O) groups is 3. The highest BCUT2D eigenvalue weighted by Gasteiger charge is 2.20. The molecule has 0 radical (unpaired) electrons. The van der Waals surface area contributed by atoms with Crippen molar-refractivity contribution >= 4 is 40.7 Å². The Morgan fingerprint density at radius 1 is 1.10 bits per heavy atom. The van der Waals surface area contributed by atoms with Crippen molar-refractivity contribution in [1.29, 1.82) is 0 Å². The van der Waals surface area contributed by atoms with Gasteiger partial charge in [0.1, 0.15) is 11.3 Å². The fourth-order valence-corrected chi connectivity index (χ4v) is 4.89. The van der Waals surface area contributed by atoms with Crippen LogP contribution in [0.2, 0.25) is 0 Å². The molecule has 1 aliphatic heterocycles. The van der Waals surface area contributed by atoms with E-state index in [2.05, 4.69) is 37.8 Å². The Bertz CT molecular complexity index is 1140. The number of amides is 4. The second-order valence-corrected chi connectivity index (χ2v) is 12.3. The average Bonchev–Trinajstić information content (AvgIpc) is 3.34. The van der Waals surface area contributed by atoms with Gasteiger partial charge in [0, 0.05) is 62.3 Å². The molecule has 0 aliphatic carbocycles. The molecule has 226 valence electrons. The van der Waals surface area contributed by atoms with E-state index in [0.717, 1.165) is 51.1 Å². The smallest absolute Gasteiger partial charge is 0.412 e. The summed E-state index contributed by atoms with van der Waals surface area (Å²) in [6.07, 6.45) is 2.77. The van der Waals surface area contributed by atoms with Crippen molar-refractivity contribution in [2.45, 2.75) is 65.6 Å². The van der Waals surface area contributed by atoms with E-state index in [4.69, 9.17) is 4.74 Å². The Hall–Kier alpha value is -3.22. The van der Waals surface area contributed by atoms with Crippen molar-refractivity contribution in [2.75, 3.05) is 56.9 Å². The number of carbonyl (C=O) groups excluding carboxylic acids is 3. The van der Waals surface area contributed by atoms with Crippen LogP contribution in [0.25, 0.3) is 0 Å². The van der Waals surface area contributed by atoms with Crippen LogP contribution in [0.4, 0.5) is 21.0 Å². The number of likely N-dealkylation sites (N-methyl/N-ethyl adjacent to an activating group) is 1. The molecular weight excluding hydrogens is 542 g/mol. The fourth-order valence-electron chi connectivity index (χ4n) is 4.18. The maximum absolute atomic E-state index is 13.1. The van der Waals surface area contributed by atoms with E-state index >= 15 is 0 Å². The van der Waals surface area contributed by atoms with Gasteiger partial charge in [-0.3, -0.25) is 15.1 Å². The quantitative estimate of drug-likeness (QED) is 0.349. The first-order chi connectivity index (χ1) is 19.4. The van der Waals surface area contributed by atoms with Gasteiger partial charge in [0.15, 0.2) is 0 Å². The number of hydrogen-bond acceptors (Lipinski definition) is 8. The van der Waals surface area contributed by atoms with Gasteiger partial charge in [0.25, 0.3) is 5.91 Å². The highest BCUT2D eigenvalue weighted by atomic mass is 32.1. The predicted molar refractivity (Wildman–Crippen MR) is 164 cm³/mol. The summed E-state index contributed by atoms with van der Waals surface area (Å²) in [5, 5.41) is 12.0. The molecule has 12 heteroatoms. The van der Waals surface area contributed by atoms with Gasteiger partial charge in [0.05, 0.1) is 11.4 Å². The van der Waals surface area contributed by atoms with E-state index in [1.807, 2.05) is 24.8 Å². The Kier molecular flexibility index (Phi) is 11.9. The molecule has 3 heterocycles. The van der Waals surface area contributed by atoms with Crippen LogP contribution in [0.1, 0.15) is 63.5 Å². The number of nitrogens with zero attached hydrogens (tertiary/aromatic N) is 4. The number of piperazine rings is 1. The number of urea groups is 1. The summed E-state index contributed by atoms with van der Waals surface area (Å²) in [4.78, 5) is 49.0. The van der Waals surface area contributed by atoms with Gasteiger partial charge in [-0.05, 0) is 65.8 Å². The molecule has 2 aromatic heterocycles. The number of anilines is 2. The molecule has 1 atom stereocenters. The van der Waals surface area contributed by atoms with Gasteiger partial charge in [-0.2, -0.15) is 0 Å². The predicted octanol–water partition coefficient (Wildman–Crippen LogP) is 4.69. The Morgan fingerprint density at radius 2 is 1.78 bits per heavy atom. The van der Waals surface area contributed by atoms with Gasteiger partial charge in [-0.25, -0.2) is 9.59 Å². The topological polar surface area (TPSA) is 119 Å². The monoisotopic (exact) mass is 587 g/mol. The van der Waals surface area contributed by atoms with Crippen LogP contribution in [-0.4, -0.2) is 95.7 Å². The number of thiophene rings is 1. The molecule has 3 N–H and O–H groups in total. The van der Waals surface area contributed by atoms with Crippen LogP contribution in [0.3, 0.4) is 0 Å². The van der Waals surface area contributed by atoms with Crippen LogP contribution in [0.5, 0.6) is 0 Å². The first kappa shape index (κ1) is 32.3. The zero-order valence-corrected chi connectivity index (χ0v) is 26.0. The minimum absolute atomic E-state index is 0.0821. The van der Waals surface area contributed by atoms with Crippen molar-refractivity contribution in [3.05, 3.63) is 40.3 Å². The molecular formula is C29H45N7O4S. The maximum atomic E-state index is 13.1. The lowest BCUT2D eigenvalue weighted by atomic mass is 10.2. The SMILES string of the molecule is CCC(C)NC(=O)N(CCCN1CCN(C)CC1)Cc1ccc(C(=O)Nc2cscc2NC(=O)OC(C)(C)C)nc1. The third-order valence-electron chi connectivity index (χ3n) is 6.74. The number of nitrogens with one attached hydrogen (secondary N) is 3. The van der Waals surface area contributed by atoms with Crippen molar-refractivity contribution in [3.8, 4) is 0 Å². The number of rotatable bonds is 11. The summed E-state index contributed by atoms with van der Waals surface area (Å²) in [7, 11) is 2.14. The summed E-state index contributed by atoms with van der Waals surface area (Å²) in [6, 6.07) is 3.45. The molecule has 1 saturated heterocycles. The standard InChI is InChI=1S/C29H45N7O4S/c1-7-21(2)31-27(38)36(12-8-11-35-15-13-34(6)14-16-35)18-22-9-10-23(30-17-22)26(37)32-24-19-41-20-25(24)33-28(39)40-29(3,4)5/h9-10,17,19-21H,7-8,11-16,18H2,1-6H3,(H,31,38)(H,32,37)(H,33,39). The van der Waals surface area contributed by atoms with Crippen molar-refractivity contribution < 1.29 is 19.1 Å². The van der Waals surface area contributed by atoms with Crippen molar-refractivity contribution in [2.24, 2.45) is 0 Å². The van der Waals surface area contributed by atoms with E-state index < -0.39 is 17.6 Å². The molecule has 4 amide bonds. The second kappa shape index (κ2) is 15.1. The number of hydrogen-bond donors (Lipinski definition) is 3. The highest BCUT2D eigenvalue weighted by molar-refractivity contribution is 7.09. The minimum Gasteiger partial charge on any atom is -0.444 e. The molecule has 1 fully saturated rings. The van der Waals surface area contributed by atoms with Crippen LogP contribution in [-0.2, 0) is 11.3 Å². The summed E-state index contributed by atoms with van der Waals surface area (Å²) in [5.74, 6) is -0.402. The van der Waals surface area contributed by atoms with Crippen molar-refractivity contribution in [1.82, 2.24) is 25.0 Å². The first-order valence-electron chi connectivity index (χ1n) is 14.2. The van der Waals surface area contributed by atoms with Gasteiger partial charge >= 0.3 is 12.1 Å². The van der Waals surface area contributed by atoms with Crippen LogP contribution >= 0.6 is 11.3 Å². The van der Waals surface area contributed by atoms with Gasteiger partial charge in [-0.15, -0.1) is 11.3 Å². The molecule has 1 aliphatic rings. The summed E-state index contributed by atoms with van der Waals surface area (Å²) in [6.45, 7) is 15.6. The van der Waals surface area contributed by atoms with E-state index in [1.54, 1.807) is 43.8 Å². The van der Waals surface area contributed by atoms with E-state index in [0.29, 0.717) is 24.5 Å². The van der Waals surface area contributed by atoms with Crippen LogP contribution < -0.4 is 16.0 Å². The van der Waals surface area contributed by atoms with Gasteiger partial charge in [0.2, 0.25) is 0 Å². The normalized spacial score (nSPS) is 15.2. The number of pyridine rings is 1. The van der Waals surface area contributed by atoms with Crippen LogP contribution in [0, 0.1) is 0 Å². The molecule has 0 bridgehead atoms. The molecule has 41 heavy (non-hydrogen) atoms. The summed E-state index contributed by atoms with van der Waals surface area (Å²) >= 11 is 1.34. The average molecular weight is 588 g/mol. The van der Waals surface area contributed by atoms with Crippen LogP contribution in [0.15, 0.2) is 29.1 Å². The molecule has 2 aromatic rings. The summed E-state index contributed by atoms with van der Waals surface area (Å²) < 4.78 is 5.30. The minimum atomic E-state index is -0.635. The maximum Gasteiger partial charge on any atom is 0.412 e. The Balaban J connectivity index is 1.59. The van der Waals surface area contributed by atoms with Crippen molar-refractivity contribution in [3.63, 3.8) is 0 Å². The first-order valence-corrected chi connectivity index (χ1v) is 15.2. The van der Waals surface area contributed by atoms with E-state index in [1.165, 1.54) is 11.3 Å². The largest absolute Gasteiger partial charge is 0.444 e. The highest BCUT2D eigenvalue weighted by Crippen LogP contribution is 2.27. The lowest BCUT2D eigenvalue weighted by Crippen LogP contribution is -2.46. The molecule has 0 saturated carbocycles. The third kappa shape index (κ3) is 10.9. The Labute approximate surface area is 247 Å². The van der Waals surface area contributed by atoms with E-state index in [9.17, 15) is 14.4 Å². The zero-order valence-electron chi connectivity index (χ0n) is 25.2. The molecule has 0 spiro atoms. The third-order valence-corrected chi connectivity index (χ3v) is 7.49. The fraction of sp³-hybridized carbons (Fsp3) is 0.586. The van der Waals surface area contributed by atoms with Gasteiger partial charge in [-0.1, -0.05) is 13.0 Å². The second-order valence-electron chi connectivity index (χ2n) is 11.5. The molecule has 11 nitrogen and oxygen atoms in total. The lowest BCUT2D eigenvalue weighted by Gasteiger charge is -2.33.